The van der Waals surface area contributed by atoms with Gasteiger partial charge in [0.05, 0.1) is 26.4 Å². The van der Waals surface area contributed by atoms with E-state index >= 15 is 0 Å². The lowest BCUT2D eigenvalue weighted by Gasteiger charge is -2.16. The van der Waals surface area contributed by atoms with Crippen LogP contribution in [0.3, 0.4) is 0 Å². The van der Waals surface area contributed by atoms with Gasteiger partial charge < -0.3 is 23.7 Å². The van der Waals surface area contributed by atoms with Crippen molar-refractivity contribution in [3.05, 3.63) is 42.0 Å². The summed E-state index contributed by atoms with van der Waals surface area (Å²) < 4.78 is 27.9. The van der Waals surface area contributed by atoms with Crippen LogP contribution in [0, 0.1) is 0 Å². The number of methoxy groups -OCH3 is 1. The Morgan fingerprint density at radius 3 is 2.08 bits per heavy atom. The van der Waals surface area contributed by atoms with Crippen LogP contribution < -0.4 is 4.74 Å². The Hall–Kier alpha value is -1.89. The predicted molar refractivity (Wildman–Crippen MR) is 148 cm³/mol. The van der Waals surface area contributed by atoms with Crippen molar-refractivity contribution < 1.29 is 28.5 Å². The van der Waals surface area contributed by atoms with Gasteiger partial charge in [-0.1, -0.05) is 76.3 Å². The van der Waals surface area contributed by atoms with Crippen LogP contribution in [0.5, 0.6) is 5.75 Å². The summed E-state index contributed by atoms with van der Waals surface area (Å²) >= 11 is 0. The summed E-state index contributed by atoms with van der Waals surface area (Å²) in [7, 11) is 1.68. The van der Waals surface area contributed by atoms with Gasteiger partial charge in [0.15, 0.2) is 5.79 Å². The Kier molecular flexibility index (Phi) is 15.6. The lowest BCUT2D eigenvalue weighted by Crippen LogP contribution is -2.21. The van der Waals surface area contributed by atoms with Gasteiger partial charge >= 0.3 is 5.97 Å². The highest BCUT2D eigenvalue weighted by atomic mass is 16.7. The Balaban J connectivity index is 1.39. The molecule has 2 atom stereocenters. The number of benzene rings is 1. The van der Waals surface area contributed by atoms with Gasteiger partial charge in [-0.3, -0.25) is 0 Å². The largest absolute Gasteiger partial charge is 0.497 e. The van der Waals surface area contributed by atoms with Gasteiger partial charge in [-0.25, -0.2) is 4.79 Å². The van der Waals surface area contributed by atoms with Gasteiger partial charge in [0.1, 0.15) is 11.9 Å². The molecule has 0 N–H and O–H groups in total. The molecule has 0 aromatic heterocycles. The summed E-state index contributed by atoms with van der Waals surface area (Å²) in [6, 6.07) is 8.07. The maximum Gasteiger partial charge on any atom is 0.330 e. The summed E-state index contributed by atoms with van der Waals surface area (Å²) in [6.07, 6.45) is 17.9. The molecule has 1 aromatic carbocycles. The van der Waals surface area contributed by atoms with Gasteiger partial charge in [0, 0.05) is 12.7 Å². The van der Waals surface area contributed by atoms with E-state index in [4.69, 9.17) is 23.7 Å². The molecule has 1 saturated heterocycles. The monoisotopic (exact) mass is 518 g/mol. The molecular formula is C31H50O6. The number of ether oxygens (including phenoxy) is 5. The van der Waals surface area contributed by atoms with Crippen LogP contribution in [-0.4, -0.2) is 44.3 Å². The highest BCUT2D eigenvalue weighted by Gasteiger charge is 2.39. The Bertz CT molecular complexity index is 757. The standard InChI is InChI=1S/C31H50O6/c1-5-35-30(32)23-22-29-28(36-31(2,3)37-29)17-15-13-11-9-7-6-8-10-12-14-16-24-34-25-26-18-20-27(33-4)21-19-26/h18-23,28-29H,5-17,24-25H2,1-4H3/b23-22+/t28-,29-/m0/s1. The van der Waals surface area contributed by atoms with Crippen LogP contribution in [0.2, 0.25) is 0 Å². The fourth-order valence-electron chi connectivity index (χ4n) is 4.67. The van der Waals surface area contributed by atoms with E-state index in [1.54, 1.807) is 20.1 Å². The first-order valence-corrected chi connectivity index (χ1v) is 14.3. The van der Waals surface area contributed by atoms with E-state index in [1.165, 1.54) is 69.4 Å². The topological polar surface area (TPSA) is 63.2 Å². The molecule has 37 heavy (non-hydrogen) atoms. The molecule has 1 fully saturated rings. The maximum atomic E-state index is 11.6. The van der Waals surface area contributed by atoms with Crippen molar-refractivity contribution >= 4 is 5.97 Å². The van der Waals surface area contributed by atoms with Crippen molar-refractivity contribution in [1.82, 2.24) is 0 Å². The zero-order chi connectivity index (χ0) is 26.8. The molecule has 1 aromatic rings. The van der Waals surface area contributed by atoms with Crippen molar-refractivity contribution in [3.8, 4) is 5.75 Å². The predicted octanol–water partition coefficient (Wildman–Crippen LogP) is 7.53. The molecule has 0 amide bonds. The molecule has 1 aliphatic rings. The number of esters is 1. The average Bonchev–Trinajstić information content (AvgIpc) is 3.18. The van der Waals surface area contributed by atoms with E-state index in [-0.39, 0.29) is 18.2 Å². The van der Waals surface area contributed by atoms with E-state index < -0.39 is 5.79 Å². The summed E-state index contributed by atoms with van der Waals surface area (Å²) in [4.78, 5) is 11.6. The minimum absolute atomic E-state index is 0.00600. The third-order valence-electron chi connectivity index (χ3n) is 6.64. The van der Waals surface area contributed by atoms with E-state index in [1.807, 2.05) is 26.0 Å². The van der Waals surface area contributed by atoms with Crippen molar-refractivity contribution in [2.24, 2.45) is 0 Å². The quantitative estimate of drug-likeness (QED) is 0.101. The molecule has 0 radical (unpaired) electrons. The second-order valence-corrected chi connectivity index (χ2v) is 10.3. The van der Waals surface area contributed by atoms with E-state index in [0.717, 1.165) is 31.6 Å². The van der Waals surface area contributed by atoms with Gasteiger partial charge in [-0.15, -0.1) is 0 Å². The second kappa shape index (κ2) is 18.4. The highest BCUT2D eigenvalue weighted by molar-refractivity contribution is 5.81. The molecule has 2 rings (SSSR count). The summed E-state index contributed by atoms with van der Waals surface area (Å²) in [5.74, 6) is -0.0582. The van der Waals surface area contributed by atoms with Crippen LogP contribution in [0.4, 0.5) is 0 Å². The van der Waals surface area contributed by atoms with Crippen molar-refractivity contribution in [3.63, 3.8) is 0 Å². The first kappa shape index (κ1) is 31.3. The molecule has 6 nitrogen and oxygen atoms in total. The number of unbranched alkanes of at least 4 members (excludes halogenated alkanes) is 10. The molecule has 0 unspecified atom stereocenters. The Labute approximate surface area is 225 Å². The van der Waals surface area contributed by atoms with Gasteiger partial charge in [0.25, 0.3) is 0 Å². The molecule has 0 aliphatic carbocycles. The zero-order valence-corrected chi connectivity index (χ0v) is 23.7. The summed E-state index contributed by atoms with van der Waals surface area (Å²) in [5, 5.41) is 0. The van der Waals surface area contributed by atoms with Crippen molar-refractivity contribution in [1.29, 1.82) is 0 Å². The first-order chi connectivity index (χ1) is 17.9. The Morgan fingerprint density at radius 2 is 1.49 bits per heavy atom. The summed E-state index contributed by atoms with van der Waals surface area (Å²) in [6.45, 7) is 7.55. The number of rotatable bonds is 20. The SMILES string of the molecule is CCOC(=O)/C=C/[C@@H]1OC(C)(C)O[C@H]1CCCCCCCCCCCCCOCc1ccc(OC)cc1. The molecule has 1 heterocycles. The van der Waals surface area contributed by atoms with Crippen LogP contribution in [-0.2, 0) is 30.3 Å². The number of carbonyl (C=O) groups is 1. The number of hydrogen-bond donors (Lipinski definition) is 0. The van der Waals surface area contributed by atoms with Crippen LogP contribution >= 0.6 is 0 Å². The van der Waals surface area contributed by atoms with Crippen molar-refractivity contribution in [2.45, 2.75) is 122 Å². The van der Waals surface area contributed by atoms with Gasteiger partial charge in [0.2, 0.25) is 0 Å². The molecule has 210 valence electrons. The van der Waals surface area contributed by atoms with E-state index in [2.05, 4.69) is 12.1 Å². The molecule has 0 bridgehead atoms. The fourth-order valence-corrected chi connectivity index (χ4v) is 4.67. The van der Waals surface area contributed by atoms with E-state index in [0.29, 0.717) is 13.2 Å². The molecule has 0 saturated carbocycles. The highest BCUT2D eigenvalue weighted by Crippen LogP contribution is 2.32. The first-order valence-electron chi connectivity index (χ1n) is 14.3. The molecule has 0 spiro atoms. The molecular weight excluding hydrogens is 468 g/mol. The lowest BCUT2D eigenvalue weighted by molar-refractivity contribution is -0.144. The molecule has 6 heteroatoms. The van der Waals surface area contributed by atoms with Gasteiger partial charge in [-0.2, -0.15) is 0 Å². The zero-order valence-electron chi connectivity index (χ0n) is 23.7. The van der Waals surface area contributed by atoms with Crippen LogP contribution in [0.15, 0.2) is 36.4 Å². The summed E-state index contributed by atoms with van der Waals surface area (Å²) in [5.41, 5.74) is 1.19. The fraction of sp³-hybridized carbons (Fsp3) is 0.710. The van der Waals surface area contributed by atoms with Gasteiger partial charge in [-0.05, 0) is 57.4 Å². The average molecular weight is 519 g/mol. The normalized spacial score (nSPS) is 18.9. The van der Waals surface area contributed by atoms with E-state index in [9.17, 15) is 4.79 Å². The third kappa shape index (κ3) is 14.0. The minimum Gasteiger partial charge on any atom is -0.497 e. The Morgan fingerprint density at radius 1 is 0.892 bits per heavy atom. The number of hydrogen-bond acceptors (Lipinski definition) is 6. The smallest absolute Gasteiger partial charge is 0.330 e. The second-order valence-electron chi connectivity index (χ2n) is 10.3. The van der Waals surface area contributed by atoms with Crippen LogP contribution in [0.1, 0.15) is 103 Å². The molecule has 1 aliphatic heterocycles. The third-order valence-corrected chi connectivity index (χ3v) is 6.64. The lowest BCUT2D eigenvalue weighted by atomic mass is 10.0. The van der Waals surface area contributed by atoms with Crippen molar-refractivity contribution in [2.75, 3.05) is 20.3 Å². The van der Waals surface area contributed by atoms with Crippen LogP contribution in [0.25, 0.3) is 0 Å². The minimum atomic E-state index is -0.612. The maximum absolute atomic E-state index is 11.6. The number of carbonyl (C=O) groups excluding carboxylic acids is 1.